The van der Waals surface area contributed by atoms with Gasteiger partial charge >= 0.3 is 6.08 Å². The third kappa shape index (κ3) is 4.08. The van der Waals surface area contributed by atoms with Crippen LogP contribution in [0.4, 0.5) is 0 Å². The lowest BCUT2D eigenvalue weighted by molar-refractivity contribution is 0.327. The molecule has 114 valence electrons. The zero-order chi connectivity index (χ0) is 15.4. The molecule has 0 radical (unpaired) electrons. The summed E-state index contributed by atoms with van der Waals surface area (Å²) in [5.41, 5.74) is 4.25. The summed E-state index contributed by atoms with van der Waals surface area (Å²) >= 11 is 0. The molecule has 2 aromatic rings. The standard InChI is InChI=1S/C17H24N2O2/c1-11(2)8-18-9-15-10-20-17(19-15)21-16-13(4)7-6-12(3)14(16)5/h6-7,10-11,18H,8-9H2,1-5H3. The van der Waals surface area contributed by atoms with Crippen LogP contribution in [0.3, 0.4) is 0 Å². The van der Waals surface area contributed by atoms with E-state index in [2.05, 4.69) is 37.1 Å². The molecule has 0 fully saturated rings. The van der Waals surface area contributed by atoms with Crippen LogP contribution in [0.1, 0.15) is 36.2 Å². The van der Waals surface area contributed by atoms with Crippen LogP contribution in [0.5, 0.6) is 11.8 Å². The minimum Gasteiger partial charge on any atom is -0.417 e. The third-order valence-electron chi connectivity index (χ3n) is 3.45. The van der Waals surface area contributed by atoms with Crippen molar-refractivity contribution in [2.24, 2.45) is 5.92 Å². The molecule has 1 N–H and O–H groups in total. The molecular formula is C17H24N2O2. The Labute approximate surface area is 126 Å². The second kappa shape index (κ2) is 6.76. The van der Waals surface area contributed by atoms with Crippen molar-refractivity contribution in [3.8, 4) is 11.8 Å². The van der Waals surface area contributed by atoms with E-state index < -0.39 is 0 Å². The number of hydrogen-bond donors (Lipinski definition) is 1. The fraction of sp³-hybridized carbons (Fsp3) is 0.471. The molecule has 4 nitrogen and oxygen atoms in total. The maximum Gasteiger partial charge on any atom is 0.399 e. The van der Waals surface area contributed by atoms with Gasteiger partial charge in [0.1, 0.15) is 12.0 Å². The van der Waals surface area contributed by atoms with Crippen molar-refractivity contribution in [1.29, 1.82) is 0 Å². The summed E-state index contributed by atoms with van der Waals surface area (Å²) < 4.78 is 11.2. The Morgan fingerprint density at radius 2 is 1.90 bits per heavy atom. The molecule has 0 aliphatic heterocycles. The van der Waals surface area contributed by atoms with Gasteiger partial charge in [0.2, 0.25) is 0 Å². The lowest BCUT2D eigenvalue weighted by atomic mass is 10.1. The molecule has 0 atom stereocenters. The van der Waals surface area contributed by atoms with Crippen LogP contribution in [0, 0.1) is 26.7 Å². The summed E-state index contributed by atoms with van der Waals surface area (Å²) in [5.74, 6) is 1.45. The molecule has 1 aromatic carbocycles. The first-order valence-electron chi connectivity index (χ1n) is 7.37. The lowest BCUT2D eigenvalue weighted by Gasteiger charge is -2.10. The number of nitrogens with one attached hydrogen (secondary N) is 1. The monoisotopic (exact) mass is 288 g/mol. The van der Waals surface area contributed by atoms with Crippen LogP contribution in [0.25, 0.3) is 0 Å². The van der Waals surface area contributed by atoms with E-state index in [0.717, 1.165) is 29.1 Å². The zero-order valence-electron chi connectivity index (χ0n) is 13.5. The molecule has 0 aliphatic carbocycles. The van der Waals surface area contributed by atoms with Gasteiger partial charge in [0.25, 0.3) is 0 Å². The van der Waals surface area contributed by atoms with E-state index in [-0.39, 0.29) is 0 Å². The molecule has 0 amide bonds. The lowest BCUT2D eigenvalue weighted by Crippen LogP contribution is -2.19. The molecule has 1 heterocycles. The van der Waals surface area contributed by atoms with E-state index in [1.165, 1.54) is 5.56 Å². The van der Waals surface area contributed by atoms with E-state index in [1.54, 1.807) is 6.26 Å². The maximum absolute atomic E-state index is 5.82. The van der Waals surface area contributed by atoms with E-state index in [9.17, 15) is 0 Å². The van der Waals surface area contributed by atoms with Gasteiger partial charge in [0.15, 0.2) is 0 Å². The van der Waals surface area contributed by atoms with Crippen molar-refractivity contribution in [2.45, 2.75) is 41.2 Å². The van der Waals surface area contributed by atoms with Gasteiger partial charge in [-0.05, 0) is 49.9 Å². The number of ether oxygens (including phenoxy) is 1. The smallest absolute Gasteiger partial charge is 0.399 e. The van der Waals surface area contributed by atoms with Gasteiger partial charge in [-0.2, -0.15) is 4.98 Å². The molecule has 1 aromatic heterocycles. The van der Waals surface area contributed by atoms with Crippen molar-refractivity contribution in [1.82, 2.24) is 10.3 Å². The normalized spacial score (nSPS) is 11.1. The van der Waals surface area contributed by atoms with Crippen LogP contribution < -0.4 is 10.1 Å². The number of rotatable bonds is 6. The predicted molar refractivity (Wildman–Crippen MR) is 83.8 cm³/mol. The first-order valence-corrected chi connectivity index (χ1v) is 7.37. The SMILES string of the molecule is Cc1ccc(C)c(Oc2nc(CNCC(C)C)co2)c1C. The van der Waals surface area contributed by atoms with Gasteiger partial charge in [-0.3, -0.25) is 0 Å². The number of nitrogens with zero attached hydrogens (tertiary/aromatic N) is 1. The number of hydrogen-bond acceptors (Lipinski definition) is 4. The molecule has 2 rings (SSSR count). The topological polar surface area (TPSA) is 47.3 Å². The number of aryl methyl sites for hydroxylation is 2. The Hall–Kier alpha value is -1.81. The first-order chi connectivity index (χ1) is 9.97. The highest BCUT2D eigenvalue weighted by Crippen LogP contribution is 2.30. The summed E-state index contributed by atoms with van der Waals surface area (Å²) in [5, 5.41) is 3.33. The van der Waals surface area contributed by atoms with E-state index in [4.69, 9.17) is 9.15 Å². The summed E-state index contributed by atoms with van der Waals surface area (Å²) in [6.45, 7) is 12.1. The van der Waals surface area contributed by atoms with Gasteiger partial charge < -0.3 is 14.5 Å². The van der Waals surface area contributed by atoms with Gasteiger partial charge in [-0.25, -0.2) is 0 Å². The van der Waals surface area contributed by atoms with Crippen LogP contribution in [0.2, 0.25) is 0 Å². The Balaban J connectivity index is 2.04. The van der Waals surface area contributed by atoms with Crippen molar-refractivity contribution in [2.75, 3.05) is 6.54 Å². The van der Waals surface area contributed by atoms with E-state index in [1.807, 2.05) is 19.9 Å². The highest BCUT2D eigenvalue weighted by molar-refractivity contribution is 5.45. The van der Waals surface area contributed by atoms with Crippen molar-refractivity contribution in [3.05, 3.63) is 40.8 Å². The molecule has 21 heavy (non-hydrogen) atoms. The maximum atomic E-state index is 5.82. The molecule has 4 heteroatoms. The fourth-order valence-electron chi connectivity index (χ4n) is 2.08. The highest BCUT2D eigenvalue weighted by atomic mass is 16.6. The van der Waals surface area contributed by atoms with Crippen LogP contribution in [-0.2, 0) is 6.54 Å². The second-order valence-corrected chi connectivity index (χ2v) is 5.89. The second-order valence-electron chi connectivity index (χ2n) is 5.89. The van der Waals surface area contributed by atoms with Crippen LogP contribution >= 0.6 is 0 Å². The van der Waals surface area contributed by atoms with Crippen molar-refractivity contribution in [3.63, 3.8) is 0 Å². The number of aromatic nitrogens is 1. The summed E-state index contributed by atoms with van der Waals surface area (Å²) in [6, 6.07) is 4.14. The summed E-state index contributed by atoms with van der Waals surface area (Å²) in [4.78, 5) is 4.36. The quantitative estimate of drug-likeness (QED) is 0.868. The Morgan fingerprint density at radius 1 is 1.19 bits per heavy atom. The molecule has 0 aliphatic rings. The third-order valence-corrected chi connectivity index (χ3v) is 3.45. The number of oxazole rings is 1. The molecule has 0 bridgehead atoms. The van der Waals surface area contributed by atoms with Crippen LogP contribution in [0.15, 0.2) is 22.8 Å². The molecule has 0 unspecified atom stereocenters. The fourth-order valence-corrected chi connectivity index (χ4v) is 2.08. The molecule has 0 saturated carbocycles. The predicted octanol–water partition coefficient (Wildman–Crippen LogP) is 4.14. The first kappa shape index (κ1) is 15.6. The summed E-state index contributed by atoms with van der Waals surface area (Å²) in [7, 11) is 0. The minimum atomic E-state index is 0.299. The average molecular weight is 288 g/mol. The van der Waals surface area contributed by atoms with Gasteiger partial charge in [0, 0.05) is 6.54 Å². The molecule has 0 spiro atoms. The van der Waals surface area contributed by atoms with Gasteiger partial charge in [0.05, 0.1) is 5.69 Å². The van der Waals surface area contributed by atoms with Crippen LogP contribution in [-0.4, -0.2) is 11.5 Å². The summed E-state index contributed by atoms with van der Waals surface area (Å²) in [6.07, 6.45) is 1.94. The van der Waals surface area contributed by atoms with Gasteiger partial charge in [-0.1, -0.05) is 26.0 Å². The highest BCUT2D eigenvalue weighted by Gasteiger charge is 2.11. The largest absolute Gasteiger partial charge is 0.417 e. The Morgan fingerprint density at radius 3 is 2.62 bits per heavy atom. The van der Waals surface area contributed by atoms with E-state index >= 15 is 0 Å². The number of benzene rings is 1. The Bertz CT molecular complexity index is 603. The molecular weight excluding hydrogens is 264 g/mol. The van der Waals surface area contributed by atoms with Crippen molar-refractivity contribution >= 4 is 0 Å². The van der Waals surface area contributed by atoms with Gasteiger partial charge in [-0.15, -0.1) is 0 Å². The average Bonchev–Trinajstić information content (AvgIpc) is 2.86. The Kier molecular flexibility index (Phi) is 5.02. The molecule has 0 saturated heterocycles. The zero-order valence-corrected chi connectivity index (χ0v) is 13.5. The van der Waals surface area contributed by atoms with Crippen molar-refractivity contribution < 1.29 is 9.15 Å². The minimum absolute atomic E-state index is 0.299. The van der Waals surface area contributed by atoms with E-state index in [0.29, 0.717) is 18.5 Å².